The number of amides is 3. The normalized spacial score (nSPS) is 14.5. The van der Waals surface area contributed by atoms with E-state index < -0.39 is 17.9 Å². The topological polar surface area (TPSA) is 135 Å². The highest BCUT2D eigenvalue weighted by molar-refractivity contribution is 7.09. The van der Waals surface area contributed by atoms with E-state index in [0.29, 0.717) is 11.3 Å². The minimum Gasteiger partial charge on any atom is -0.395 e. The van der Waals surface area contributed by atoms with Crippen molar-refractivity contribution in [3.05, 3.63) is 70.2 Å². The number of hydrogen-bond acceptors (Lipinski definition) is 7. The van der Waals surface area contributed by atoms with Gasteiger partial charge in [-0.2, -0.15) is 4.37 Å². The maximum Gasteiger partial charge on any atom is 0.273 e. The second kappa shape index (κ2) is 12.5. The number of nitrogens with two attached hydrogens (primary N) is 2. The molecule has 5 N–H and O–H groups in total. The number of aromatic nitrogens is 1. The summed E-state index contributed by atoms with van der Waals surface area (Å²) < 4.78 is 4.04. The Kier molecular flexibility index (Phi) is 9.09. The first-order valence-electron chi connectivity index (χ1n) is 13.6. The lowest BCUT2D eigenvalue weighted by molar-refractivity contribution is -0.123. The largest absolute Gasteiger partial charge is 0.395 e. The molecule has 2 aromatic carbocycles. The van der Waals surface area contributed by atoms with Crippen LogP contribution >= 0.6 is 11.5 Å². The van der Waals surface area contributed by atoms with Crippen LogP contribution in [0.15, 0.2) is 48.5 Å². The Morgan fingerprint density at radius 1 is 0.925 bits per heavy atom. The first-order chi connectivity index (χ1) is 19.1. The van der Waals surface area contributed by atoms with Gasteiger partial charge in [0.1, 0.15) is 10.9 Å². The van der Waals surface area contributed by atoms with Crippen LogP contribution in [-0.2, 0) is 4.79 Å². The van der Waals surface area contributed by atoms with Crippen LogP contribution in [0.4, 0.5) is 17.1 Å². The fourth-order valence-corrected chi connectivity index (χ4v) is 5.78. The molecule has 10 heteroatoms. The van der Waals surface area contributed by atoms with Gasteiger partial charge in [-0.3, -0.25) is 19.3 Å². The Balaban J connectivity index is 1.85. The molecular weight excluding hydrogens is 524 g/mol. The molecule has 0 unspecified atom stereocenters. The summed E-state index contributed by atoms with van der Waals surface area (Å²) in [4.78, 5) is 43.8. The van der Waals surface area contributed by atoms with Crippen molar-refractivity contribution in [3.8, 4) is 0 Å². The van der Waals surface area contributed by atoms with Gasteiger partial charge in [0.05, 0.1) is 5.69 Å². The number of benzene rings is 2. The smallest absolute Gasteiger partial charge is 0.273 e. The number of carbonyl (C=O) groups is 3. The molecule has 4 rings (SSSR count). The second-order valence-corrected chi connectivity index (χ2v) is 11.6. The standard InChI is InChI=1S/C30H38N6O3S/c1-18(2)19-10-16-23(17-11-19)36(30(39)27-24(31)25(28(32)37)34-40-27)26(20-12-14-22(15-13-20)35(3)4)29(38)33-21-8-6-5-7-9-21/h10-18,21,26H,5-9,31H2,1-4H3,(H2,32,37)(H,33,38)/t26-/m0/s1. The number of rotatable bonds is 9. The summed E-state index contributed by atoms with van der Waals surface area (Å²) in [6.07, 6.45) is 5.07. The van der Waals surface area contributed by atoms with Gasteiger partial charge in [0.2, 0.25) is 5.91 Å². The summed E-state index contributed by atoms with van der Waals surface area (Å²) in [5, 5.41) is 3.22. The quantitative estimate of drug-likeness (QED) is 0.341. The van der Waals surface area contributed by atoms with Gasteiger partial charge < -0.3 is 21.7 Å². The van der Waals surface area contributed by atoms with Crippen LogP contribution in [0.2, 0.25) is 0 Å². The molecule has 1 atom stereocenters. The molecule has 0 saturated heterocycles. The van der Waals surface area contributed by atoms with Crippen LogP contribution in [0.1, 0.15) is 89.2 Å². The van der Waals surface area contributed by atoms with Gasteiger partial charge in [-0.25, -0.2) is 0 Å². The number of carbonyl (C=O) groups excluding carboxylic acids is 3. The van der Waals surface area contributed by atoms with Crippen LogP contribution in [0.5, 0.6) is 0 Å². The van der Waals surface area contributed by atoms with Crippen molar-refractivity contribution in [2.45, 2.75) is 64.0 Å². The first kappa shape index (κ1) is 29.1. The summed E-state index contributed by atoms with van der Waals surface area (Å²) in [5.41, 5.74) is 14.6. The monoisotopic (exact) mass is 562 g/mol. The lowest BCUT2D eigenvalue weighted by Gasteiger charge is -2.33. The van der Waals surface area contributed by atoms with E-state index in [1.807, 2.05) is 67.5 Å². The third-order valence-electron chi connectivity index (χ3n) is 7.40. The highest BCUT2D eigenvalue weighted by Gasteiger charge is 2.37. The fourth-order valence-electron chi connectivity index (χ4n) is 5.04. The van der Waals surface area contributed by atoms with E-state index in [4.69, 9.17) is 11.5 Å². The number of primary amides is 1. The molecule has 1 fully saturated rings. The lowest BCUT2D eigenvalue weighted by Crippen LogP contribution is -2.47. The van der Waals surface area contributed by atoms with E-state index in [1.54, 1.807) is 0 Å². The third kappa shape index (κ3) is 6.28. The van der Waals surface area contributed by atoms with Crippen LogP contribution < -0.4 is 26.6 Å². The molecule has 3 amide bonds. The number of nitrogens with one attached hydrogen (secondary N) is 1. The average molecular weight is 563 g/mol. The minimum absolute atomic E-state index is 0.0417. The number of anilines is 3. The molecule has 0 spiro atoms. The zero-order valence-electron chi connectivity index (χ0n) is 23.5. The van der Waals surface area contributed by atoms with Crippen molar-refractivity contribution in [2.24, 2.45) is 5.73 Å². The van der Waals surface area contributed by atoms with E-state index in [1.165, 1.54) is 4.90 Å². The van der Waals surface area contributed by atoms with E-state index >= 15 is 0 Å². The zero-order chi connectivity index (χ0) is 29.0. The fraction of sp³-hybridized carbons (Fsp3) is 0.400. The Morgan fingerprint density at radius 3 is 2.02 bits per heavy atom. The van der Waals surface area contributed by atoms with Crippen LogP contribution in [0.3, 0.4) is 0 Å². The van der Waals surface area contributed by atoms with Crippen molar-refractivity contribution in [3.63, 3.8) is 0 Å². The zero-order valence-corrected chi connectivity index (χ0v) is 24.3. The molecule has 1 aromatic heterocycles. The Labute approximate surface area is 239 Å². The Hall–Kier alpha value is -3.92. The van der Waals surface area contributed by atoms with Gasteiger partial charge >= 0.3 is 0 Å². The molecule has 1 heterocycles. The van der Waals surface area contributed by atoms with Gasteiger partial charge in [0.15, 0.2) is 5.69 Å². The van der Waals surface area contributed by atoms with E-state index in [2.05, 4.69) is 23.5 Å². The van der Waals surface area contributed by atoms with E-state index in [9.17, 15) is 14.4 Å². The summed E-state index contributed by atoms with van der Waals surface area (Å²) >= 11 is 0.805. The molecule has 1 saturated carbocycles. The molecule has 3 aromatic rings. The Morgan fingerprint density at radius 2 is 1.50 bits per heavy atom. The van der Waals surface area contributed by atoms with Crippen molar-refractivity contribution in [1.82, 2.24) is 9.69 Å². The molecule has 1 aliphatic rings. The Bertz CT molecular complexity index is 1340. The number of hydrogen-bond donors (Lipinski definition) is 3. The second-order valence-electron chi connectivity index (χ2n) is 10.8. The third-order valence-corrected chi connectivity index (χ3v) is 8.25. The van der Waals surface area contributed by atoms with Crippen molar-refractivity contribution in [1.29, 1.82) is 0 Å². The summed E-state index contributed by atoms with van der Waals surface area (Å²) in [6.45, 7) is 4.18. The van der Waals surface area contributed by atoms with Gasteiger partial charge in [0.25, 0.3) is 11.8 Å². The van der Waals surface area contributed by atoms with Gasteiger partial charge in [-0.1, -0.05) is 57.4 Å². The summed E-state index contributed by atoms with van der Waals surface area (Å²) in [6, 6.07) is 14.2. The predicted octanol–water partition coefficient (Wildman–Crippen LogP) is 4.85. The number of nitrogens with zero attached hydrogens (tertiary/aromatic N) is 3. The van der Waals surface area contributed by atoms with Crippen LogP contribution in [0.25, 0.3) is 0 Å². The minimum atomic E-state index is -0.992. The maximum absolute atomic E-state index is 14.3. The summed E-state index contributed by atoms with van der Waals surface area (Å²) in [5.74, 6) is -1.33. The van der Waals surface area contributed by atoms with Crippen molar-refractivity contribution >= 4 is 46.3 Å². The average Bonchev–Trinajstić information content (AvgIpc) is 3.33. The van der Waals surface area contributed by atoms with E-state index in [0.717, 1.165) is 54.9 Å². The van der Waals surface area contributed by atoms with Crippen molar-refractivity contribution < 1.29 is 14.4 Å². The SMILES string of the molecule is CC(C)c1ccc(N(C(=O)c2snc(C(N)=O)c2N)[C@H](C(=O)NC2CCCCC2)c2ccc(N(C)C)cc2)cc1. The van der Waals surface area contributed by atoms with Gasteiger partial charge in [-0.05, 0) is 65.7 Å². The lowest BCUT2D eigenvalue weighted by atomic mass is 9.94. The van der Waals surface area contributed by atoms with Crippen molar-refractivity contribution in [2.75, 3.05) is 29.6 Å². The molecule has 0 aliphatic heterocycles. The molecular formula is C30H38N6O3S. The highest BCUT2D eigenvalue weighted by Crippen LogP contribution is 2.35. The highest BCUT2D eigenvalue weighted by atomic mass is 32.1. The molecule has 0 bridgehead atoms. The molecule has 212 valence electrons. The molecule has 9 nitrogen and oxygen atoms in total. The number of nitrogen functional groups attached to an aromatic ring is 1. The molecule has 1 aliphatic carbocycles. The predicted molar refractivity (Wildman–Crippen MR) is 161 cm³/mol. The van der Waals surface area contributed by atoms with Crippen LogP contribution in [-0.4, -0.2) is 42.2 Å². The molecule has 0 radical (unpaired) electrons. The first-order valence-corrected chi connectivity index (χ1v) is 14.4. The maximum atomic E-state index is 14.3. The van der Waals surface area contributed by atoms with E-state index in [-0.39, 0.29) is 34.1 Å². The van der Waals surface area contributed by atoms with Gasteiger partial charge in [0, 0.05) is 31.5 Å². The van der Waals surface area contributed by atoms with Crippen LogP contribution in [0, 0.1) is 0 Å². The molecule has 40 heavy (non-hydrogen) atoms. The summed E-state index contributed by atoms with van der Waals surface area (Å²) in [7, 11) is 3.88. The van der Waals surface area contributed by atoms with Gasteiger partial charge in [-0.15, -0.1) is 0 Å².